The van der Waals surface area contributed by atoms with Gasteiger partial charge in [-0.05, 0) is 36.6 Å². The first-order valence-electron chi connectivity index (χ1n) is 8.49. The maximum atomic E-state index is 11.8. The molecule has 0 aromatic heterocycles. The number of anilines is 2. The van der Waals surface area contributed by atoms with E-state index in [4.69, 9.17) is 10.5 Å². The molecule has 7 nitrogen and oxygen atoms in total. The van der Waals surface area contributed by atoms with Gasteiger partial charge in [0.15, 0.2) is 0 Å². The molecule has 2 aromatic rings. The Bertz CT molecular complexity index is 760. The predicted octanol–water partition coefficient (Wildman–Crippen LogP) is 3.05. The highest BCUT2D eigenvalue weighted by Crippen LogP contribution is 2.25. The van der Waals surface area contributed by atoms with Crippen LogP contribution < -0.4 is 21.7 Å². The van der Waals surface area contributed by atoms with Crippen molar-refractivity contribution in [2.75, 3.05) is 10.6 Å². The number of ether oxygens (including phenoxy) is 1. The largest absolute Gasteiger partial charge is 0.445 e. The molecule has 1 aliphatic rings. The van der Waals surface area contributed by atoms with E-state index in [-0.39, 0.29) is 18.7 Å². The maximum absolute atomic E-state index is 11.8. The van der Waals surface area contributed by atoms with E-state index >= 15 is 0 Å². The number of amides is 3. The number of primary amides is 1. The van der Waals surface area contributed by atoms with Crippen LogP contribution >= 0.6 is 0 Å². The Morgan fingerprint density at radius 2 is 1.73 bits per heavy atom. The van der Waals surface area contributed by atoms with Gasteiger partial charge < -0.3 is 26.4 Å². The fourth-order valence-electron chi connectivity index (χ4n) is 2.85. The Balaban J connectivity index is 1.37. The van der Waals surface area contributed by atoms with Gasteiger partial charge in [-0.2, -0.15) is 0 Å². The molecular formula is C19H22N4O3. The molecule has 136 valence electrons. The molecule has 7 heteroatoms. The van der Waals surface area contributed by atoms with Gasteiger partial charge in [0.2, 0.25) is 0 Å². The lowest BCUT2D eigenvalue weighted by molar-refractivity contribution is 0.129. The van der Waals surface area contributed by atoms with Crippen molar-refractivity contribution in [3.8, 4) is 0 Å². The first-order valence-corrected chi connectivity index (χ1v) is 8.49. The SMILES string of the molecule is NC(=O)Nc1cccc(NC2CC(NC(=O)OCc3ccccc3)C2)c1. The van der Waals surface area contributed by atoms with Gasteiger partial charge in [0.1, 0.15) is 6.61 Å². The van der Waals surface area contributed by atoms with Crippen molar-refractivity contribution in [3.05, 3.63) is 60.2 Å². The lowest BCUT2D eigenvalue weighted by Gasteiger charge is -2.36. The van der Waals surface area contributed by atoms with Crippen molar-refractivity contribution in [2.24, 2.45) is 5.73 Å². The van der Waals surface area contributed by atoms with Crippen molar-refractivity contribution >= 4 is 23.5 Å². The van der Waals surface area contributed by atoms with Gasteiger partial charge in [-0.25, -0.2) is 9.59 Å². The molecule has 3 amide bonds. The van der Waals surface area contributed by atoms with Crippen LogP contribution in [0.4, 0.5) is 21.0 Å². The molecule has 0 radical (unpaired) electrons. The number of carbonyl (C=O) groups excluding carboxylic acids is 2. The molecule has 0 saturated heterocycles. The van der Waals surface area contributed by atoms with E-state index < -0.39 is 12.1 Å². The summed E-state index contributed by atoms with van der Waals surface area (Å²) in [6, 6.07) is 16.7. The fraction of sp³-hybridized carbons (Fsp3) is 0.263. The van der Waals surface area contributed by atoms with Crippen LogP contribution in [0, 0.1) is 0 Å². The zero-order chi connectivity index (χ0) is 18.4. The van der Waals surface area contributed by atoms with Crippen LogP contribution in [-0.2, 0) is 11.3 Å². The third-order valence-corrected chi connectivity index (χ3v) is 4.17. The third-order valence-electron chi connectivity index (χ3n) is 4.17. The van der Waals surface area contributed by atoms with Crippen LogP contribution in [0.1, 0.15) is 18.4 Å². The molecule has 1 fully saturated rings. The monoisotopic (exact) mass is 354 g/mol. The second-order valence-electron chi connectivity index (χ2n) is 6.29. The zero-order valence-corrected chi connectivity index (χ0v) is 14.3. The Morgan fingerprint density at radius 1 is 1.00 bits per heavy atom. The molecule has 0 spiro atoms. The molecule has 0 atom stereocenters. The number of urea groups is 1. The van der Waals surface area contributed by atoms with Gasteiger partial charge in [0.25, 0.3) is 0 Å². The highest BCUT2D eigenvalue weighted by molar-refractivity contribution is 5.88. The third kappa shape index (κ3) is 5.14. The van der Waals surface area contributed by atoms with Crippen molar-refractivity contribution in [3.63, 3.8) is 0 Å². The molecule has 1 saturated carbocycles. The number of rotatable bonds is 6. The lowest BCUT2D eigenvalue weighted by atomic mass is 9.86. The predicted molar refractivity (Wildman–Crippen MR) is 99.8 cm³/mol. The molecule has 0 bridgehead atoms. The molecule has 3 rings (SSSR count). The van der Waals surface area contributed by atoms with Crippen LogP contribution in [0.15, 0.2) is 54.6 Å². The number of carbonyl (C=O) groups is 2. The molecule has 2 aromatic carbocycles. The summed E-state index contributed by atoms with van der Waals surface area (Å²) in [5, 5.41) is 8.78. The molecule has 26 heavy (non-hydrogen) atoms. The topological polar surface area (TPSA) is 105 Å². The second-order valence-corrected chi connectivity index (χ2v) is 6.29. The Morgan fingerprint density at radius 3 is 2.46 bits per heavy atom. The minimum absolute atomic E-state index is 0.0997. The number of hydrogen-bond donors (Lipinski definition) is 4. The quantitative estimate of drug-likeness (QED) is 0.640. The van der Waals surface area contributed by atoms with Crippen LogP contribution in [0.3, 0.4) is 0 Å². The first-order chi connectivity index (χ1) is 12.6. The Hall–Kier alpha value is -3.22. The number of benzene rings is 2. The smallest absolute Gasteiger partial charge is 0.407 e. The molecule has 0 heterocycles. The van der Waals surface area contributed by atoms with Gasteiger partial charge in [-0.15, -0.1) is 0 Å². The minimum atomic E-state index is -0.593. The Kier molecular flexibility index (Phi) is 5.58. The van der Waals surface area contributed by atoms with Crippen molar-refractivity contribution in [1.29, 1.82) is 0 Å². The summed E-state index contributed by atoms with van der Waals surface area (Å²) in [7, 11) is 0. The highest BCUT2D eigenvalue weighted by Gasteiger charge is 2.30. The molecule has 1 aliphatic carbocycles. The van der Waals surface area contributed by atoms with Gasteiger partial charge in [-0.3, -0.25) is 0 Å². The summed E-state index contributed by atoms with van der Waals surface area (Å²) >= 11 is 0. The fourth-order valence-corrected chi connectivity index (χ4v) is 2.85. The van der Waals surface area contributed by atoms with Gasteiger partial charge in [0, 0.05) is 23.5 Å². The van der Waals surface area contributed by atoms with Gasteiger partial charge in [0.05, 0.1) is 0 Å². The highest BCUT2D eigenvalue weighted by atomic mass is 16.5. The molecule has 0 aliphatic heterocycles. The Labute approximate surface area is 151 Å². The van der Waals surface area contributed by atoms with E-state index in [9.17, 15) is 9.59 Å². The normalized spacial score (nSPS) is 18.3. The first kappa shape index (κ1) is 17.6. The molecule has 0 unspecified atom stereocenters. The van der Waals surface area contributed by atoms with Crippen LogP contribution in [0.25, 0.3) is 0 Å². The van der Waals surface area contributed by atoms with E-state index in [1.165, 1.54) is 0 Å². The summed E-state index contributed by atoms with van der Waals surface area (Å²) < 4.78 is 5.22. The van der Waals surface area contributed by atoms with E-state index in [0.29, 0.717) is 5.69 Å². The van der Waals surface area contributed by atoms with Crippen LogP contribution in [0.2, 0.25) is 0 Å². The number of alkyl carbamates (subject to hydrolysis) is 1. The number of nitrogens with two attached hydrogens (primary N) is 1. The summed E-state index contributed by atoms with van der Waals surface area (Å²) in [5.41, 5.74) is 7.61. The maximum Gasteiger partial charge on any atom is 0.407 e. The summed E-state index contributed by atoms with van der Waals surface area (Å²) in [5.74, 6) is 0. The second kappa shape index (κ2) is 8.24. The summed E-state index contributed by atoms with van der Waals surface area (Å²) in [6.07, 6.45) is 1.23. The van der Waals surface area contributed by atoms with Crippen molar-refractivity contribution < 1.29 is 14.3 Å². The lowest BCUT2D eigenvalue weighted by Crippen LogP contribution is -2.49. The van der Waals surface area contributed by atoms with Crippen molar-refractivity contribution in [1.82, 2.24) is 5.32 Å². The molecular weight excluding hydrogens is 332 g/mol. The van der Waals surface area contributed by atoms with Crippen LogP contribution in [0.5, 0.6) is 0 Å². The number of nitrogens with one attached hydrogen (secondary N) is 3. The zero-order valence-electron chi connectivity index (χ0n) is 14.3. The average Bonchev–Trinajstić information content (AvgIpc) is 2.59. The van der Waals surface area contributed by atoms with Gasteiger partial charge >= 0.3 is 12.1 Å². The summed E-state index contributed by atoms with van der Waals surface area (Å²) in [6.45, 7) is 0.265. The van der Waals surface area contributed by atoms with Crippen molar-refractivity contribution in [2.45, 2.75) is 31.5 Å². The molecule has 5 N–H and O–H groups in total. The standard InChI is InChI=1S/C19H22N4O3/c20-18(24)22-15-8-4-7-14(9-15)21-16-10-17(11-16)23-19(25)26-12-13-5-2-1-3-6-13/h1-9,16-17,21H,10-12H2,(H,23,25)(H3,20,22,24). The van der Waals surface area contributed by atoms with Crippen LogP contribution in [-0.4, -0.2) is 24.2 Å². The van der Waals surface area contributed by atoms with E-state index in [1.54, 1.807) is 6.07 Å². The average molecular weight is 354 g/mol. The van der Waals surface area contributed by atoms with E-state index in [2.05, 4.69) is 16.0 Å². The van der Waals surface area contributed by atoms with Gasteiger partial charge in [-0.1, -0.05) is 36.4 Å². The minimum Gasteiger partial charge on any atom is -0.445 e. The summed E-state index contributed by atoms with van der Waals surface area (Å²) in [4.78, 5) is 22.7. The number of hydrogen-bond acceptors (Lipinski definition) is 4. The van der Waals surface area contributed by atoms with E-state index in [1.807, 2.05) is 48.5 Å². The van der Waals surface area contributed by atoms with E-state index in [0.717, 1.165) is 24.1 Å².